The summed E-state index contributed by atoms with van der Waals surface area (Å²) in [5, 5.41) is 0. The molecule has 1 aromatic rings. The quantitative estimate of drug-likeness (QED) is 0.528. The Morgan fingerprint density at radius 3 is 2.71 bits per heavy atom. The van der Waals surface area contributed by atoms with Gasteiger partial charge in [-0.2, -0.15) is 0 Å². The van der Waals surface area contributed by atoms with Crippen LogP contribution in [0.3, 0.4) is 0 Å². The van der Waals surface area contributed by atoms with Crippen LogP contribution in [0.1, 0.15) is 28.9 Å². The fourth-order valence-electron chi connectivity index (χ4n) is 1.23. The molecule has 0 amide bonds. The molecule has 0 saturated heterocycles. The monoisotopic (exact) mass is 189 g/mol. The number of carbonyl (C=O) groups excluding carboxylic acids is 1. The minimum Gasteiger partial charge on any atom is -0.465 e. The third kappa shape index (κ3) is 1.91. The highest BCUT2D eigenvalue weighted by molar-refractivity contribution is 5.91. The lowest BCUT2D eigenvalue weighted by molar-refractivity contribution is 0.0599. The van der Waals surface area contributed by atoms with Crippen molar-refractivity contribution in [2.45, 2.75) is 13.0 Å². The van der Waals surface area contributed by atoms with E-state index in [1.165, 1.54) is 7.11 Å². The molecule has 14 heavy (non-hydrogen) atoms. The first-order chi connectivity index (χ1) is 6.70. The van der Waals surface area contributed by atoms with E-state index in [1.807, 2.05) is 6.07 Å². The summed E-state index contributed by atoms with van der Waals surface area (Å²) in [5.41, 5.74) is 1.19. The highest BCUT2D eigenvalue weighted by Gasteiger charge is 2.18. The highest BCUT2D eigenvalue weighted by Crippen LogP contribution is 2.21. The van der Waals surface area contributed by atoms with E-state index in [1.54, 1.807) is 25.1 Å². The van der Waals surface area contributed by atoms with Crippen molar-refractivity contribution < 1.29 is 9.53 Å². The van der Waals surface area contributed by atoms with E-state index in [2.05, 4.69) is 9.58 Å². The van der Waals surface area contributed by atoms with Crippen LogP contribution in [0.2, 0.25) is 0 Å². The smallest absolute Gasteiger partial charge is 0.338 e. The molecule has 0 aromatic heterocycles. The zero-order valence-electron chi connectivity index (χ0n) is 8.15. The molecule has 3 heteroatoms. The summed E-state index contributed by atoms with van der Waals surface area (Å²) < 4.78 is 4.63. The van der Waals surface area contributed by atoms with E-state index >= 15 is 0 Å². The predicted molar refractivity (Wildman–Crippen MR) is 52.8 cm³/mol. The third-order valence-corrected chi connectivity index (χ3v) is 2.01. The predicted octanol–water partition coefficient (Wildman–Crippen LogP) is 2.45. The van der Waals surface area contributed by atoms with E-state index < -0.39 is 5.97 Å². The van der Waals surface area contributed by atoms with Crippen molar-refractivity contribution >= 4 is 5.97 Å². The summed E-state index contributed by atoms with van der Waals surface area (Å²) in [4.78, 5) is 14.7. The Hall–Kier alpha value is -1.82. The van der Waals surface area contributed by atoms with E-state index in [9.17, 15) is 4.79 Å². The fourth-order valence-corrected chi connectivity index (χ4v) is 1.23. The molecule has 72 valence electrons. The molecule has 3 nitrogen and oxygen atoms in total. The van der Waals surface area contributed by atoms with Crippen molar-refractivity contribution in [2.75, 3.05) is 7.11 Å². The zero-order chi connectivity index (χ0) is 10.6. The Bertz CT molecular complexity index is 379. The van der Waals surface area contributed by atoms with Crippen LogP contribution in [-0.4, -0.2) is 13.1 Å². The third-order valence-electron chi connectivity index (χ3n) is 2.01. The van der Waals surface area contributed by atoms with Crippen LogP contribution in [-0.2, 0) is 4.74 Å². The number of nitrogens with zero attached hydrogens (tertiary/aromatic N) is 1. The Morgan fingerprint density at radius 2 is 2.14 bits per heavy atom. The lowest BCUT2D eigenvalue weighted by Crippen LogP contribution is -2.06. The van der Waals surface area contributed by atoms with Gasteiger partial charge in [0.1, 0.15) is 0 Å². The number of esters is 1. The van der Waals surface area contributed by atoms with Gasteiger partial charge in [0.05, 0.1) is 12.7 Å². The lowest BCUT2D eigenvalue weighted by atomic mass is 10.0. The van der Waals surface area contributed by atoms with Crippen LogP contribution < -0.4 is 0 Å². The van der Waals surface area contributed by atoms with Crippen LogP contribution in [0.15, 0.2) is 24.3 Å². The van der Waals surface area contributed by atoms with Gasteiger partial charge in [0.2, 0.25) is 6.04 Å². The number of carbonyl (C=O) groups is 1. The molecule has 1 rings (SSSR count). The van der Waals surface area contributed by atoms with Crippen LogP contribution in [0.4, 0.5) is 0 Å². The molecule has 0 bridgehead atoms. The maximum atomic E-state index is 11.3. The lowest BCUT2D eigenvalue weighted by Gasteiger charge is -2.05. The minimum absolute atomic E-state index is 0.315. The Labute approximate surface area is 83.1 Å². The molecule has 0 saturated carbocycles. The van der Waals surface area contributed by atoms with Gasteiger partial charge in [0, 0.05) is 12.5 Å². The maximum absolute atomic E-state index is 11.3. The SMILES string of the molecule is [C-]#[N+]C(C)c1ccccc1C(=O)OC. The van der Waals surface area contributed by atoms with Crippen LogP contribution in [0.5, 0.6) is 0 Å². The molecule has 1 atom stereocenters. The standard InChI is InChI=1S/C11H11NO2/c1-8(12-2)9-6-4-5-7-10(9)11(13)14-3/h4-8H,1,3H3. The molecule has 0 aliphatic heterocycles. The molecular formula is C11H11NO2. The molecular weight excluding hydrogens is 178 g/mol. The first-order valence-corrected chi connectivity index (χ1v) is 4.24. The van der Waals surface area contributed by atoms with Crippen molar-refractivity contribution in [2.24, 2.45) is 0 Å². The van der Waals surface area contributed by atoms with Crippen molar-refractivity contribution in [3.8, 4) is 0 Å². The van der Waals surface area contributed by atoms with Gasteiger partial charge in [-0.25, -0.2) is 11.4 Å². The number of rotatable bonds is 2. The number of hydrogen-bond acceptors (Lipinski definition) is 2. The average Bonchev–Trinajstić information content (AvgIpc) is 2.27. The molecule has 0 aliphatic rings. The second-order valence-electron chi connectivity index (χ2n) is 2.88. The summed E-state index contributed by atoms with van der Waals surface area (Å²) in [6.45, 7) is 8.67. The van der Waals surface area contributed by atoms with Gasteiger partial charge in [-0.05, 0) is 6.07 Å². The van der Waals surface area contributed by atoms with Gasteiger partial charge in [-0.15, -0.1) is 0 Å². The van der Waals surface area contributed by atoms with E-state index in [0.717, 1.165) is 0 Å². The first kappa shape index (κ1) is 10.3. The highest BCUT2D eigenvalue weighted by atomic mass is 16.5. The van der Waals surface area contributed by atoms with Crippen molar-refractivity contribution in [1.29, 1.82) is 0 Å². The van der Waals surface area contributed by atoms with Crippen molar-refractivity contribution in [3.05, 3.63) is 46.8 Å². The molecule has 0 spiro atoms. The second kappa shape index (κ2) is 4.43. The molecule has 0 N–H and O–H groups in total. The van der Waals surface area contributed by atoms with Crippen LogP contribution in [0, 0.1) is 6.57 Å². The minimum atomic E-state index is -0.392. The summed E-state index contributed by atoms with van der Waals surface area (Å²) >= 11 is 0. The molecule has 0 aliphatic carbocycles. The van der Waals surface area contributed by atoms with Gasteiger partial charge in [0.15, 0.2) is 0 Å². The van der Waals surface area contributed by atoms with Crippen molar-refractivity contribution in [1.82, 2.24) is 0 Å². The average molecular weight is 189 g/mol. The summed E-state index contributed by atoms with van der Waals surface area (Å²) in [7, 11) is 1.33. The zero-order valence-corrected chi connectivity index (χ0v) is 8.15. The maximum Gasteiger partial charge on any atom is 0.338 e. The largest absolute Gasteiger partial charge is 0.465 e. The first-order valence-electron chi connectivity index (χ1n) is 4.24. The molecule has 1 aromatic carbocycles. The Morgan fingerprint density at radius 1 is 1.50 bits per heavy atom. The van der Waals surface area contributed by atoms with Crippen LogP contribution >= 0.6 is 0 Å². The summed E-state index contributed by atoms with van der Waals surface area (Å²) in [5.74, 6) is -0.392. The van der Waals surface area contributed by atoms with Crippen molar-refractivity contribution in [3.63, 3.8) is 0 Å². The molecule has 0 radical (unpaired) electrons. The summed E-state index contributed by atoms with van der Waals surface area (Å²) in [6, 6.07) is 6.69. The van der Waals surface area contributed by atoms with E-state index in [4.69, 9.17) is 6.57 Å². The Balaban J connectivity index is 3.17. The van der Waals surface area contributed by atoms with Gasteiger partial charge in [0.25, 0.3) is 0 Å². The van der Waals surface area contributed by atoms with E-state index in [-0.39, 0.29) is 6.04 Å². The molecule has 0 fully saturated rings. The van der Waals surface area contributed by atoms with Gasteiger partial charge >= 0.3 is 5.97 Å². The van der Waals surface area contributed by atoms with Gasteiger partial charge in [-0.3, -0.25) is 0 Å². The summed E-state index contributed by atoms with van der Waals surface area (Å²) in [6.07, 6.45) is 0. The van der Waals surface area contributed by atoms with E-state index in [0.29, 0.717) is 11.1 Å². The van der Waals surface area contributed by atoms with Gasteiger partial charge < -0.3 is 9.58 Å². The molecule has 1 unspecified atom stereocenters. The second-order valence-corrected chi connectivity index (χ2v) is 2.88. The Kier molecular flexibility index (Phi) is 3.24. The fraction of sp³-hybridized carbons (Fsp3) is 0.273. The normalized spacial score (nSPS) is 11.5. The number of benzene rings is 1. The number of hydrogen-bond donors (Lipinski definition) is 0. The number of methoxy groups -OCH3 is 1. The number of ether oxygens (including phenoxy) is 1. The topological polar surface area (TPSA) is 30.7 Å². The van der Waals surface area contributed by atoms with Crippen LogP contribution in [0.25, 0.3) is 4.85 Å². The molecule has 0 heterocycles. The van der Waals surface area contributed by atoms with Gasteiger partial charge in [-0.1, -0.05) is 18.2 Å².